The normalized spacial score (nSPS) is 11.2. The molecule has 0 saturated carbocycles. The summed E-state index contributed by atoms with van der Waals surface area (Å²) in [5, 5.41) is 0. The molecule has 2 rings (SSSR count). The van der Waals surface area contributed by atoms with Crippen LogP contribution in [0.4, 0.5) is 0 Å². The quantitative estimate of drug-likeness (QED) is 0.249. The molecule has 0 N–H and O–H groups in total. The third-order valence-corrected chi connectivity index (χ3v) is 6.36. The van der Waals surface area contributed by atoms with Crippen molar-refractivity contribution in [2.24, 2.45) is 0 Å². The zero-order chi connectivity index (χ0) is 22.3. The van der Waals surface area contributed by atoms with E-state index in [0.717, 1.165) is 5.56 Å². The molecule has 0 aliphatic rings. The van der Waals surface area contributed by atoms with Gasteiger partial charge in [0.15, 0.2) is 5.78 Å². The lowest BCUT2D eigenvalue weighted by molar-refractivity contribution is 0.0600. The highest BCUT2D eigenvalue weighted by molar-refractivity contribution is 7.89. The van der Waals surface area contributed by atoms with Crippen molar-refractivity contribution >= 4 is 21.8 Å². The van der Waals surface area contributed by atoms with Gasteiger partial charge in [0.1, 0.15) is 0 Å². The van der Waals surface area contributed by atoms with Crippen molar-refractivity contribution in [3.8, 4) is 0 Å². The minimum Gasteiger partial charge on any atom is -0.465 e. The average Bonchev–Trinajstić information content (AvgIpc) is 2.75. The van der Waals surface area contributed by atoms with E-state index >= 15 is 0 Å². The van der Waals surface area contributed by atoms with Crippen molar-refractivity contribution in [1.29, 1.82) is 0 Å². The van der Waals surface area contributed by atoms with E-state index in [1.807, 2.05) is 6.92 Å². The molecule has 0 bridgehead atoms. The number of methoxy groups -OCH3 is 1. The zero-order valence-electron chi connectivity index (χ0n) is 17.1. The standard InChI is InChI=1S/C23H25NO5S/c1-5-6-15-24(30(27,28)21-13-7-17(2)8-14-21)16-18(3)22(25)19-9-11-20(12-10-19)23(26)29-4/h5,7-14H,1,3,6,15-16H2,2,4H3. The van der Waals surface area contributed by atoms with Gasteiger partial charge in [0.05, 0.1) is 17.6 Å². The van der Waals surface area contributed by atoms with E-state index in [2.05, 4.69) is 17.9 Å². The maximum atomic E-state index is 13.1. The SMILES string of the molecule is C=CCCN(CC(=C)C(=O)c1ccc(C(=O)OC)cc1)S(=O)(=O)c1ccc(C)cc1. The van der Waals surface area contributed by atoms with Crippen LogP contribution >= 0.6 is 0 Å². The molecule has 6 nitrogen and oxygen atoms in total. The van der Waals surface area contributed by atoms with E-state index in [0.29, 0.717) is 17.5 Å². The molecule has 0 heterocycles. The summed E-state index contributed by atoms with van der Waals surface area (Å²) in [6.45, 7) is 9.34. The highest BCUT2D eigenvalue weighted by Crippen LogP contribution is 2.19. The second-order valence-electron chi connectivity index (χ2n) is 6.73. The number of hydrogen-bond donors (Lipinski definition) is 0. The predicted molar refractivity (Wildman–Crippen MR) is 116 cm³/mol. The minimum atomic E-state index is -3.81. The predicted octanol–water partition coefficient (Wildman–Crippen LogP) is 3.79. The summed E-state index contributed by atoms with van der Waals surface area (Å²) in [4.78, 5) is 24.4. The Bertz CT molecular complexity index is 1040. The van der Waals surface area contributed by atoms with Crippen molar-refractivity contribution in [3.05, 3.63) is 90.0 Å². The molecule has 0 unspecified atom stereocenters. The van der Waals surface area contributed by atoms with Gasteiger partial charge in [-0.15, -0.1) is 6.58 Å². The summed E-state index contributed by atoms with van der Waals surface area (Å²) >= 11 is 0. The molecule has 0 aromatic heterocycles. The van der Waals surface area contributed by atoms with E-state index < -0.39 is 21.8 Å². The monoisotopic (exact) mass is 427 g/mol. The third kappa shape index (κ3) is 5.52. The summed E-state index contributed by atoms with van der Waals surface area (Å²) in [6.07, 6.45) is 2.05. The number of rotatable bonds is 10. The molecular weight excluding hydrogens is 402 g/mol. The van der Waals surface area contributed by atoms with Gasteiger partial charge in [-0.3, -0.25) is 4.79 Å². The summed E-state index contributed by atoms with van der Waals surface area (Å²) < 4.78 is 32.0. The molecule has 30 heavy (non-hydrogen) atoms. The number of carbonyl (C=O) groups is 2. The first-order valence-electron chi connectivity index (χ1n) is 9.29. The second-order valence-corrected chi connectivity index (χ2v) is 8.67. The lowest BCUT2D eigenvalue weighted by Crippen LogP contribution is -2.34. The zero-order valence-corrected chi connectivity index (χ0v) is 17.9. The molecule has 0 radical (unpaired) electrons. The Kier molecular flexibility index (Phi) is 7.86. The van der Waals surface area contributed by atoms with Gasteiger partial charge >= 0.3 is 5.97 Å². The van der Waals surface area contributed by atoms with Gasteiger partial charge in [-0.05, 0) is 37.6 Å². The molecule has 2 aromatic rings. The van der Waals surface area contributed by atoms with Gasteiger partial charge in [0.2, 0.25) is 10.0 Å². The number of esters is 1. The van der Waals surface area contributed by atoms with Crippen LogP contribution in [0, 0.1) is 6.92 Å². The number of Topliss-reactive ketones (excluding diaryl/α,β-unsaturated/α-hetero) is 1. The number of hydrogen-bond acceptors (Lipinski definition) is 5. The fraction of sp³-hybridized carbons (Fsp3) is 0.217. The summed E-state index contributed by atoms with van der Waals surface area (Å²) in [5.41, 5.74) is 1.69. The first kappa shape index (κ1) is 23.3. The Morgan fingerprint density at radius 1 is 1.03 bits per heavy atom. The molecule has 7 heteroatoms. The fourth-order valence-electron chi connectivity index (χ4n) is 2.74. The highest BCUT2D eigenvalue weighted by atomic mass is 32.2. The van der Waals surface area contributed by atoms with Crippen molar-refractivity contribution in [2.45, 2.75) is 18.2 Å². The molecule has 158 valence electrons. The van der Waals surface area contributed by atoms with Crippen LogP contribution in [-0.2, 0) is 14.8 Å². The van der Waals surface area contributed by atoms with Gasteiger partial charge in [-0.25, -0.2) is 13.2 Å². The van der Waals surface area contributed by atoms with E-state index in [4.69, 9.17) is 0 Å². The second kappa shape index (κ2) is 10.1. The molecule has 0 saturated heterocycles. The number of ether oxygens (including phenoxy) is 1. The number of ketones is 1. The topological polar surface area (TPSA) is 80.8 Å². The maximum absolute atomic E-state index is 13.1. The van der Waals surface area contributed by atoms with Crippen LogP contribution in [0.25, 0.3) is 0 Å². The smallest absolute Gasteiger partial charge is 0.337 e. The van der Waals surface area contributed by atoms with Gasteiger partial charge in [0.25, 0.3) is 0 Å². The Morgan fingerprint density at radius 2 is 1.60 bits per heavy atom. The number of carbonyl (C=O) groups excluding carboxylic acids is 2. The lowest BCUT2D eigenvalue weighted by atomic mass is 10.0. The molecule has 0 amide bonds. The van der Waals surface area contributed by atoms with Crippen LogP contribution in [0.1, 0.15) is 32.7 Å². The van der Waals surface area contributed by atoms with Crippen LogP contribution in [0.3, 0.4) is 0 Å². The van der Waals surface area contributed by atoms with Gasteiger partial charge in [-0.1, -0.05) is 42.5 Å². The summed E-state index contributed by atoms with van der Waals surface area (Å²) in [7, 11) is -2.54. The summed E-state index contributed by atoms with van der Waals surface area (Å²) in [5.74, 6) is -0.901. The average molecular weight is 428 g/mol. The first-order valence-corrected chi connectivity index (χ1v) is 10.7. The van der Waals surface area contributed by atoms with Gasteiger partial charge in [-0.2, -0.15) is 4.31 Å². The van der Waals surface area contributed by atoms with Crippen LogP contribution in [0.15, 0.2) is 78.2 Å². The van der Waals surface area contributed by atoms with E-state index in [-0.39, 0.29) is 23.6 Å². The number of nitrogens with zero attached hydrogens (tertiary/aromatic N) is 1. The van der Waals surface area contributed by atoms with Crippen LogP contribution in [0.2, 0.25) is 0 Å². The van der Waals surface area contributed by atoms with Crippen molar-refractivity contribution in [1.82, 2.24) is 4.31 Å². The molecule has 0 atom stereocenters. The third-order valence-electron chi connectivity index (χ3n) is 4.50. The van der Waals surface area contributed by atoms with Crippen molar-refractivity contribution < 1.29 is 22.7 Å². The highest BCUT2D eigenvalue weighted by Gasteiger charge is 2.26. The molecule has 2 aromatic carbocycles. The fourth-order valence-corrected chi connectivity index (χ4v) is 4.19. The molecule has 0 spiro atoms. The molecular formula is C23H25NO5S. The van der Waals surface area contributed by atoms with Crippen LogP contribution < -0.4 is 0 Å². The molecule has 0 aliphatic heterocycles. The van der Waals surface area contributed by atoms with Gasteiger partial charge in [0, 0.05) is 24.2 Å². The van der Waals surface area contributed by atoms with Crippen LogP contribution in [-0.4, -0.2) is 44.7 Å². The Hall–Kier alpha value is -3.03. The lowest BCUT2D eigenvalue weighted by Gasteiger charge is -2.22. The minimum absolute atomic E-state index is 0.126. The first-order chi connectivity index (χ1) is 14.2. The van der Waals surface area contributed by atoms with Crippen molar-refractivity contribution in [2.75, 3.05) is 20.2 Å². The largest absolute Gasteiger partial charge is 0.465 e. The Morgan fingerprint density at radius 3 is 2.13 bits per heavy atom. The van der Waals surface area contributed by atoms with Gasteiger partial charge < -0.3 is 4.74 Å². The number of aryl methyl sites for hydroxylation is 1. The molecule has 0 aliphatic carbocycles. The van der Waals surface area contributed by atoms with E-state index in [9.17, 15) is 18.0 Å². The number of benzene rings is 2. The number of sulfonamides is 1. The maximum Gasteiger partial charge on any atom is 0.337 e. The van der Waals surface area contributed by atoms with E-state index in [1.165, 1.54) is 35.7 Å². The van der Waals surface area contributed by atoms with Crippen LogP contribution in [0.5, 0.6) is 0 Å². The van der Waals surface area contributed by atoms with E-state index in [1.54, 1.807) is 30.3 Å². The molecule has 0 fully saturated rings. The summed E-state index contributed by atoms with van der Waals surface area (Å²) in [6, 6.07) is 12.5. The Balaban J connectivity index is 2.23. The van der Waals surface area contributed by atoms with Crippen molar-refractivity contribution in [3.63, 3.8) is 0 Å². The Labute approximate surface area is 177 Å².